The maximum atomic E-state index is 14.2. The van der Waals surface area contributed by atoms with Crippen LogP contribution in [-0.4, -0.2) is 9.97 Å². The number of nitrogens with zero attached hydrogens (tertiary/aromatic N) is 6. The third-order valence-corrected chi connectivity index (χ3v) is 6.31. The lowest BCUT2D eigenvalue weighted by Crippen LogP contribution is -2.23. The summed E-state index contributed by atoms with van der Waals surface area (Å²) < 4.78 is 56.9. The first kappa shape index (κ1) is 24.1. The first-order valence-electron chi connectivity index (χ1n) is 10.9. The van der Waals surface area contributed by atoms with Crippen LogP contribution in [0.1, 0.15) is 11.1 Å². The Morgan fingerprint density at radius 2 is 1.11 bits per heavy atom. The third-order valence-electron chi connectivity index (χ3n) is 6.31. The van der Waals surface area contributed by atoms with E-state index in [0.29, 0.717) is 43.8 Å². The van der Waals surface area contributed by atoms with Gasteiger partial charge in [-0.3, -0.25) is 0 Å². The van der Waals surface area contributed by atoms with Gasteiger partial charge in [0.05, 0.1) is 5.57 Å². The molecule has 10 heteroatoms. The van der Waals surface area contributed by atoms with Crippen LogP contribution < -0.4 is 10.4 Å². The van der Waals surface area contributed by atoms with Gasteiger partial charge in [-0.25, -0.2) is 0 Å². The van der Waals surface area contributed by atoms with E-state index in [0.717, 1.165) is 24.3 Å². The van der Waals surface area contributed by atoms with Crippen molar-refractivity contribution in [3.8, 4) is 34.4 Å². The molecule has 6 nitrogen and oxygen atoms in total. The molecule has 0 bridgehead atoms. The molecule has 0 fully saturated rings. The fourth-order valence-electron chi connectivity index (χ4n) is 4.93. The maximum Gasteiger partial charge on any atom is 0.522 e. The minimum Gasteiger partial charge on any atom is -0.192 e. The molecule has 0 saturated carbocycles. The molecule has 2 aliphatic rings. The summed E-state index contributed by atoms with van der Waals surface area (Å²) in [5.41, 5.74) is 2.21. The molecule has 2 aromatic heterocycles. The van der Waals surface area contributed by atoms with Gasteiger partial charge in [-0.15, -0.1) is 0 Å². The Labute approximate surface area is 212 Å². The molecule has 0 aliphatic heterocycles. The fraction of sp³-hybridized carbons (Fsp3) is 0.0714. The second-order valence-corrected chi connectivity index (χ2v) is 8.38. The number of aromatic nitrogens is 2. The fourth-order valence-corrected chi connectivity index (χ4v) is 4.93. The van der Waals surface area contributed by atoms with Crippen LogP contribution in [0.15, 0.2) is 46.8 Å². The summed E-state index contributed by atoms with van der Waals surface area (Å²) in [4.78, 5) is 12.8. The van der Waals surface area contributed by atoms with Gasteiger partial charge in [0.15, 0.2) is 0 Å². The van der Waals surface area contributed by atoms with E-state index in [1.807, 2.05) is 12.1 Å². The number of nitriles is 2. The van der Waals surface area contributed by atoms with Crippen molar-refractivity contribution in [1.82, 2.24) is 9.97 Å². The predicted molar refractivity (Wildman–Crippen MR) is 127 cm³/mol. The van der Waals surface area contributed by atoms with Gasteiger partial charge in [-0.1, -0.05) is 6.08 Å². The largest absolute Gasteiger partial charge is 0.522 e. The van der Waals surface area contributed by atoms with Crippen LogP contribution in [0.2, 0.25) is 0 Å². The zero-order valence-electron chi connectivity index (χ0n) is 19.1. The predicted octanol–water partition coefficient (Wildman–Crippen LogP) is 4.43. The number of hydrogen-bond donors (Lipinski definition) is 0. The summed E-state index contributed by atoms with van der Waals surface area (Å²) in [6.45, 7) is 14.7. The van der Waals surface area contributed by atoms with Gasteiger partial charge in [-0.2, -0.15) is 47.7 Å². The van der Waals surface area contributed by atoms with E-state index < -0.39 is 23.8 Å². The Bertz CT molecular complexity index is 1750. The van der Waals surface area contributed by atoms with Crippen LogP contribution in [0.4, 0.5) is 17.6 Å². The lowest BCUT2D eigenvalue weighted by atomic mass is 9.87. The smallest absolute Gasteiger partial charge is 0.192 e. The molecule has 2 aliphatic carbocycles. The molecule has 0 unspecified atom stereocenters. The van der Waals surface area contributed by atoms with Gasteiger partial charge in [0.2, 0.25) is 23.8 Å². The number of fused-ring (bicyclic) bond motifs is 2. The number of pyridine rings is 2. The second kappa shape index (κ2) is 9.13. The molecule has 0 spiro atoms. The molecule has 1 aromatic carbocycles. The summed E-state index contributed by atoms with van der Waals surface area (Å²) in [6.07, 6.45) is 3.10. The Morgan fingerprint density at radius 1 is 0.711 bits per heavy atom. The lowest BCUT2D eigenvalue weighted by Gasteiger charge is -2.16. The number of rotatable bonds is 2. The Morgan fingerprint density at radius 3 is 1.50 bits per heavy atom. The zero-order chi connectivity index (χ0) is 27.1. The minimum atomic E-state index is -1.09. The van der Waals surface area contributed by atoms with E-state index in [1.165, 1.54) is 6.08 Å². The molecule has 2 heterocycles. The monoisotopic (exact) mass is 506 g/mol. The average Bonchev–Trinajstić information content (AvgIpc) is 3.47. The average molecular weight is 506 g/mol. The van der Waals surface area contributed by atoms with Crippen molar-refractivity contribution in [3.63, 3.8) is 0 Å². The van der Waals surface area contributed by atoms with Gasteiger partial charge in [0, 0.05) is 30.7 Å². The summed E-state index contributed by atoms with van der Waals surface area (Å²) in [6, 6.07) is 7.71. The van der Waals surface area contributed by atoms with Crippen molar-refractivity contribution < 1.29 is 17.6 Å². The molecule has 3 aromatic rings. The SMILES string of the molecule is [C-]#[N+]C([N+]#[C-])=C1C=c2c(c(-c3cc(F)nc(F)c3)c3c(c2-c2cc(F)nc(F)c2)CC(=C(C#N)C#N)C=3)C1. The lowest BCUT2D eigenvalue weighted by molar-refractivity contribution is 0.512. The molecule has 0 N–H and O–H groups in total. The van der Waals surface area contributed by atoms with Crippen LogP contribution in [0, 0.1) is 59.6 Å². The molecule has 180 valence electrons. The topological polar surface area (TPSA) is 82.1 Å². The minimum absolute atomic E-state index is 0.00833. The van der Waals surface area contributed by atoms with Crippen LogP contribution in [0.3, 0.4) is 0 Å². The van der Waals surface area contributed by atoms with Crippen molar-refractivity contribution in [3.05, 3.63) is 115 Å². The number of benzene rings is 1. The first-order chi connectivity index (χ1) is 18.3. The molecule has 38 heavy (non-hydrogen) atoms. The Kier molecular flexibility index (Phi) is 5.80. The van der Waals surface area contributed by atoms with Crippen LogP contribution >= 0.6 is 0 Å². The van der Waals surface area contributed by atoms with Crippen LogP contribution in [0.25, 0.3) is 44.1 Å². The summed E-state index contributed by atoms with van der Waals surface area (Å²) in [5, 5.41) is 19.7. The van der Waals surface area contributed by atoms with Crippen molar-refractivity contribution in [1.29, 1.82) is 10.5 Å². The highest BCUT2D eigenvalue weighted by molar-refractivity contribution is 5.87. The van der Waals surface area contributed by atoms with Gasteiger partial charge >= 0.3 is 5.82 Å². The zero-order valence-corrected chi connectivity index (χ0v) is 19.1. The summed E-state index contributed by atoms with van der Waals surface area (Å²) in [5.74, 6) is -4.58. The standard InChI is InChI=1S/C28H10F4N6/c1-35-28(36-2)16-5-20-21(6-16)27(15-9-24(31)38-25(32)10-15)19-4-13(17(11-33)12-34)3-18(19)26(20)14-7-22(29)37-23(30)8-14/h3,6-10H,4-5H2. The molecule has 0 radical (unpaired) electrons. The first-order valence-corrected chi connectivity index (χ1v) is 10.9. The summed E-state index contributed by atoms with van der Waals surface area (Å²) in [7, 11) is 0. The van der Waals surface area contributed by atoms with Crippen LogP contribution in [-0.2, 0) is 12.8 Å². The number of hydrogen-bond acceptors (Lipinski definition) is 4. The number of halogens is 4. The quantitative estimate of drug-likeness (QED) is 0.223. The second-order valence-electron chi connectivity index (χ2n) is 8.38. The van der Waals surface area contributed by atoms with E-state index in [9.17, 15) is 28.1 Å². The number of allylic oxidation sites excluding steroid dienone is 3. The van der Waals surface area contributed by atoms with E-state index in [2.05, 4.69) is 19.7 Å². The van der Waals surface area contributed by atoms with Crippen molar-refractivity contribution >= 4 is 12.2 Å². The summed E-state index contributed by atoms with van der Waals surface area (Å²) >= 11 is 0. The van der Waals surface area contributed by atoms with E-state index in [4.69, 9.17) is 13.1 Å². The highest BCUT2D eigenvalue weighted by atomic mass is 19.1. The highest BCUT2D eigenvalue weighted by Gasteiger charge is 2.30. The van der Waals surface area contributed by atoms with Gasteiger partial charge in [0.1, 0.15) is 30.9 Å². The highest BCUT2D eigenvalue weighted by Crippen LogP contribution is 2.35. The molecule has 0 atom stereocenters. The Hall–Kier alpha value is -5.58. The molecule has 5 rings (SSSR count). The third kappa shape index (κ3) is 3.88. The molecular formula is C28H10F4N6. The Balaban J connectivity index is 2.02. The maximum absolute atomic E-state index is 14.2. The van der Waals surface area contributed by atoms with Crippen molar-refractivity contribution in [2.45, 2.75) is 12.8 Å². The van der Waals surface area contributed by atoms with Crippen molar-refractivity contribution in [2.24, 2.45) is 0 Å². The van der Waals surface area contributed by atoms with Gasteiger partial charge in [-0.05, 0) is 61.9 Å². The van der Waals surface area contributed by atoms with E-state index >= 15 is 0 Å². The normalized spacial score (nSPS) is 12.7. The van der Waals surface area contributed by atoms with Crippen LogP contribution in [0.5, 0.6) is 0 Å². The molecule has 0 amide bonds. The van der Waals surface area contributed by atoms with Gasteiger partial charge in [0.25, 0.3) is 0 Å². The van der Waals surface area contributed by atoms with E-state index in [1.54, 1.807) is 6.08 Å². The van der Waals surface area contributed by atoms with Crippen molar-refractivity contribution in [2.75, 3.05) is 0 Å². The van der Waals surface area contributed by atoms with Gasteiger partial charge < -0.3 is 0 Å². The molecule has 0 saturated heterocycles. The molecular weight excluding hydrogens is 496 g/mol. The van der Waals surface area contributed by atoms with E-state index in [-0.39, 0.29) is 35.4 Å².